The van der Waals surface area contributed by atoms with Gasteiger partial charge >= 0.3 is 0 Å². The summed E-state index contributed by atoms with van der Waals surface area (Å²) in [5.41, 5.74) is 4.29. The van der Waals surface area contributed by atoms with Gasteiger partial charge in [0.25, 0.3) is 5.22 Å². The van der Waals surface area contributed by atoms with E-state index in [4.69, 9.17) is 4.42 Å². The van der Waals surface area contributed by atoms with Gasteiger partial charge in [-0.2, -0.15) is 0 Å². The summed E-state index contributed by atoms with van der Waals surface area (Å²) >= 11 is 1.21. The fourth-order valence-corrected chi connectivity index (χ4v) is 2.98. The average Bonchev–Trinajstić information content (AvgIpc) is 3.12. The van der Waals surface area contributed by atoms with Crippen LogP contribution in [0.3, 0.4) is 0 Å². The molecule has 1 atom stereocenters. The quantitative estimate of drug-likeness (QED) is 0.668. The molecule has 134 valence electrons. The Morgan fingerprint density at radius 2 is 2.08 bits per heavy atom. The van der Waals surface area contributed by atoms with Crippen molar-refractivity contribution in [1.82, 2.24) is 20.5 Å². The van der Waals surface area contributed by atoms with E-state index in [2.05, 4.69) is 46.5 Å². The monoisotopic (exact) mass is 368 g/mol. The Balaban J connectivity index is 1.54. The van der Waals surface area contributed by atoms with E-state index < -0.39 is 0 Å². The first-order valence-electron chi connectivity index (χ1n) is 8.26. The molecule has 0 spiro atoms. The van der Waals surface area contributed by atoms with E-state index in [0.717, 1.165) is 11.1 Å². The third kappa shape index (κ3) is 4.49. The second-order valence-corrected chi connectivity index (χ2v) is 6.96. The van der Waals surface area contributed by atoms with Gasteiger partial charge in [-0.05, 0) is 49.6 Å². The smallest absolute Gasteiger partial charge is 0.277 e. The number of amides is 1. The van der Waals surface area contributed by atoms with Crippen LogP contribution in [0.25, 0.3) is 11.5 Å². The van der Waals surface area contributed by atoms with Crippen LogP contribution in [0.4, 0.5) is 0 Å². The van der Waals surface area contributed by atoms with Crippen LogP contribution in [-0.2, 0) is 4.79 Å². The molecule has 6 nitrogen and oxygen atoms in total. The SMILES string of the molecule is Cc1ccc([C@H](C)NC(=O)CSc2nnc(-c3cccnc3)o2)cc1C. The van der Waals surface area contributed by atoms with Crippen LogP contribution >= 0.6 is 11.8 Å². The van der Waals surface area contributed by atoms with E-state index in [1.807, 2.05) is 19.1 Å². The molecule has 0 aliphatic carbocycles. The van der Waals surface area contributed by atoms with Crippen LogP contribution in [-0.4, -0.2) is 26.8 Å². The van der Waals surface area contributed by atoms with Crippen molar-refractivity contribution < 1.29 is 9.21 Å². The van der Waals surface area contributed by atoms with Gasteiger partial charge in [0.05, 0.1) is 17.4 Å². The number of aromatic nitrogens is 3. The predicted molar refractivity (Wildman–Crippen MR) is 101 cm³/mol. The first kappa shape index (κ1) is 18.1. The summed E-state index contributed by atoms with van der Waals surface area (Å²) in [5.74, 6) is 0.524. The maximum Gasteiger partial charge on any atom is 0.277 e. The zero-order chi connectivity index (χ0) is 18.5. The Labute approximate surface area is 156 Å². The lowest BCUT2D eigenvalue weighted by atomic mass is 10.0. The number of nitrogens with zero attached hydrogens (tertiary/aromatic N) is 3. The Hall–Kier alpha value is -2.67. The number of nitrogens with one attached hydrogen (secondary N) is 1. The Morgan fingerprint density at radius 1 is 1.23 bits per heavy atom. The number of pyridine rings is 1. The fraction of sp³-hybridized carbons (Fsp3) is 0.263. The summed E-state index contributed by atoms with van der Waals surface area (Å²) in [4.78, 5) is 16.2. The standard InChI is InChI=1S/C19H20N4O2S/c1-12-6-7-15(9-13(12)2)14(3)21-17(24)11-26-19-23-22-18(25-19)16-5-4-8-20-10-16/h4-10,14H,11H2,1-3H3,(H,21,24)/t14-/m0/s1. The van der Waals surface area contributed by atoms with E-state index in [1.54, 1.807) is 18.5 Å². The van der Waals surface area contributed by atoms with Crippen molar-refractivity contribution in [3.63, 3.8) is 0 Å². The molecule has 1 N–H and O–H groups in total. The molecule has 3 aromatic rings. The van der Waals surface area contributed by atoms with E-state index in [-0.39, 0.29) is 17.7 Å². The second kappa shape index (κ2) is 8.14. The summed E-state index contributed by atoms with van der Waals surface area (Å²) in [6.45, 7) is 6.11. The van der Waals surface area contributed by atoms with E-state index in [9.17, 15) is 4.79 Å². The van der Waals surface area contributed by atoms with Crippen LogP contribution in [0.2, 0.25) is 0 Å². The number of hydrogen-bond acceptors (Lipinski definition) is 6. The van der Waals surface area contributed by atoms with Crippen molar-refractivity contribution >= 4 is 17.7 Å². The van der Waals surface area contributed by atoms with Gasteiger partial charge in [0, 0.05) is 12.4 Å². The van der Waals surface area contributed by atoms with Gasteiger partial charge in [-0.1, -0.05) is 30.0 Å². The van der Waals surface area contributed by atoms with Crippen LogP contribution in [0.15, 0.2) is 52.4 Å². The number of thioether (sulfide) groups is 1. The largest absolute Gasteiger partial charge is 0.411 e. The summed E-state index contributed by atoms with van der Waals surface area (Å²) in [7, 11) is 0. The van der Waals surface area contributed by atoms with Crippen molar-refractivity contribution in [3.05, 3.63) is 59.4 Å². The summed E-state index contributed by atoms with van der Waals surface area (Å²) in [5, 5.41) is 11.3. The van der Waals surface area contributed by atoms with Crippen molar-refractivity contribution in [1.29, 1.82) is 0 Å². The number of aryl methyl sites for hydroxylation is 2. The molecule has 26 heavy (non-hydrogen) atoms. The Kier molecular flexibility index (Phi) is 5.68. The Bertz CT molecular complexity index is 896. The minimum Gasteiger partial charge on any atom is -0.411 e. The lowest BCUT2D eigenvalue weighted by Crippen LogP contribution is -2.28. The first-order chi connectivity index (χ1) is 12.5. The lowest BCUT2D eigenvalue weighted by molar-refractivity contribution is -0.119. The van der Waals surface area contributed by atoms with Crippen molar-refractivity contribution in [3.8, 4) is 11.5 Å². The van der Waals surface area contributed by atoms with Crippen LogP contribution in [0.5, 0.6) is 0 Å². The molecular formula is C19H20N4O2S. The van der Waals surface area contributed by atoms with E-state index >= 15 is 0 Å². The molecule has 1 amide bonds. The molecule has 7 heteroatoms. The molecule has 0 aliphatic heterocycles. The van der Waals surface area contributed by atoms with Crippen LogP contribution in [0, 0.1) is 13.8 Å². The van der Waals surface area contributed by atoms with Gasteiger partial charge in [-0.15, -0.1) is 10.2 Å². The first-order valence-corrected chi connectivity index (χ1v) is 9.24. The fourth-order valence-electron chi connectivity index (χ4n) is 2.40. The number of carbonyl (C=O) groups excluding carboxylic acids is 1. The summed E-state index contributed by atoms with van der Waals surface area (Å²) < 4.78 is 5.56. The molecule has 0 saturated carbocycles. The normalized spacial score (nSPS) is 12.0. The minimum atomic E-state index is -0.0816. The lowest BCUT2D eigenvalue weighted by Gasteiger charge is -2.15. The molecule has 0 radical (unpaired) electrons. The number of benzene rings is 1. The average molecular weight is 368 g/mol. The maximum atomic E-state index is 12.2. The molecule has 2 aromatic heterocycles. The second-order valence-electron chi connectivity index (χ2n) is 6.04. The number of carbonyl (C=O) groups is 1. The summed E-state index contributed by atoms with van der Waals surface area (Å²) in [6, 6.07) is 9.79. The topological polar surface area (TPSA) is 80.9 Å². The molecule has 0 aliphatic rings. The molecule has 2 heterocycles. The zero-order valence-electron chi connectivity index (χ0n) is 14.9. The maximum absolute atomic E-state index is 12.2. The molecule has 1 aromatic carbocycles. The van der Waals surface area contributed by atoms with Gasteiger partial charge in [0.1, 0.15) is 0 Å². The van der Waals surface area contributed by atoms with Crippen molar-refractivity contribution in [2.45, 2.75) is 32.0 Å². The van der Waals surface area contributed by atoms with Gasteiger partial charge in [-0.25, -0.2) is 0 Å². The van der Waals surface area contributed by atoms with Crippen molar-refractivity contribution in [2.75, 3.05) is 5.75 Å². The molecule has 0 unspecified atom stereocenters. The van der Waals surface area contributed by atoms with Gasteiger partial charge in [0.15, 0.2) is 0 Å². The highest BCUT2D eigenvalue weighted by molar-refractivity contribution is 7.99. The van der Waals surface area contributed by atoms with E-state index in [1.165, 1.54) is 22.9 Å². The molecule has 0 saturated heterocycles. The van der Waals surface area contributed by atoms with Gasteiger partial charge in [-0.3, -0.25) is 9.78 Å². The molecule has 0 bridgehead atoms. The third-order valence-corrected chi connectivity index (χ3v) is 4.87. The minimum absolute atomic E-state index is 0.0592. The number of rotatable bonds is 6. The predicted octanol–water partition coefficient (Wildman–Crippen LogP) is 3.72. The molecule has 0 fully saturated rings. The molecular weight excluding hydrogens is 348 g/mol. The highest BCUT2D eigenvalue weighted by Crippen LogP contribution is 2.22. The third-order valence-electron chi connectivity index (χ3n) is 4.05. The van der Waals surface area contributed by atoms with Crippen LogP contribution in [0.1, 0.15) is 29.7 Å². The van der Waals surface area contributed by atoms with E-state index in [0.29, 0.717) is 11.1 Å². The highest BCUT2D eigenvalue weighted by atomic mass is 32.2. The summed E-state index contributed by atoms with van der Waals surface area (Å²) in [6.07, 6.45) is 3.33. The van der Waals surface area contributed by atoms with Gasteiger partial charge in [0.2, 0.25) is 11.8 Å². The molecule has 3 rings (SSSR count). The zero-order valence-corrected chi connectivity index (χ0v) is 15.7. The van der Waals surface area contributed by atoms with Crippen LogP contribution < -0.4 is 5.32 Å². The Morgan fingerprint density at radius 3 is 2.81 bits per heavy atom. The number of hydrogen-bond donors (Lipinski definition) is 1. The van der Waals surface area contributed by atoms with Crippen molar-refractivity contribution in [2.24, 2.45) is 0 Å². The highest BCUT2D eigenvalue weighted by Gasteiger charge is 2.14. The van der Waals surface area contributed by atoms with Gasteiger partial charge < -0.3 is 9.73 Å².